The Hall–Kier alpha value is -3.40. The number of anilines is 1. The zero-order chi connectivity index (χ0) is 18.4. The fourth-order valence-corrected chi connectivity index (χ4v) is 4.20. The number of fused-ring (bicyclic) bond motifs is 2. The number of pyridine rings is 1. The van der Waals surface area contributed by atoms with Gasteiger partial charge in [-0.05, 0) is 40.8 Å². The highest BCUT2D eigenvalue weighted by Crippen LogP contribution is 2.46. The second kappa shape index (κ2) is 6.09. The van der Waals surface area contributed by atoms with Crippen molar-refractivity contribution in [3.63, 3.8) is 0 Å². The van der Waals surface area contributed by atoms with Gasteiger partial charge in [0.1, 0.15) is 5.82 Å². The van der Waals surface area contributed by atoms with Gasteiger partial charge in [-0.1, -0.05) is 42.5 Å². The number of H-pyrrole nitrogens is 1. The summed E-state index contributed by atoms with van der Waals surface area (Å²) in [5.74, 6) is 0.506. The summed E-state index contributed by atoms with van der Waals surface area (Å²) in [6, 6.07) is 22.7. The molecule has 5 rings (SSSR count). The standard InChI is InChI=1S/C23H19N3O/c1-26-22-18(8-5-12-25-22)21(23(26)27)20(15-6-3-2-4-7-15)17-9-10-19-16(14-17)11-13-24-19/h2-14,20-21,24H,1H3. The third kappa shape index (κ3) is 2.45. The third-order valence-electron chi connectivity index (χ3n) is 5.49. The minimum absolute atomic E-state index is 0.0640. The van der Waals surface area contributed by atoms with Gasteiger partial charge in [0.2, 0.25) is 5.91 Å². The first-order valence-electron chi connectivity index (χ1n) is 9.08. The monoisotopic (exact) mass is 353 g/mol. The summed E-state index contributed by atoms with van der Waals surface area (Å²) in [5, 5.41) is 1.15. The van der Waals surface area contributed by atoms with E-state index < -0.39 is 0 Å². The SMILES string of the molecule is CN1C(=O)C(C(c2ccccc2)c2ccc3[nH]ccc3c2)c2cccnc21. The summed E-state index contributed by atoms with van der Waals surface area (Å²) >= 11 is 0. The van der Waals surface area contributed by atoms with Crippen molar-refractivity contribution in [3.8, 4) is 0 Å². The molecule has 0 radical (unpaired) electrons. The van der Waals surface area contributed by atoms with Crippen molar-refractivity contribution in [1.82, 2.24) is 9.97 Å². The molecule has 1 aliphatic heterocycles. The fourth-order valence-electron chi connectivity index (χ4n) is 4.20. The third-order valence-corrected chi connectivity index (χ3v) is 5.49. The number of amides is 1. The quantitative estimate of drug-likeness (QED) is 0.591. The van der Waals surface area contributed by atoms with E-state index >= 15 is 0 Å². The predicted octanol–water partition coefficient (Wildman–Crippen LogP) is 4.46. The van der Waals surface area contributed by atoms with Gasteiger partial charge in [-0.3, -0.25) is 9.69 Å². The molecule has 0 spiro atoms. The van der Waals surface area contributed by atoms with Crippen LogP contribution in [0.2, 0.25) is 0 Å². The Kier molecular flexibility index (Phi) is 3.57. The van der Waals surface area contributed by atoms with Crippen LogP contribution in [-0.4, -0.2) is 22.9 Å². The Balaban J connectivity index is 1.73. The minimum Gasteiger partial charge on any atom is -0.361 e. The summed E-state index contributed by atoms with van der Waals surface area (Å²) in [4.78, 5) is 22.6. The molecule has 1 N–H and O–H groups in total. The molecule has 0 saturated carbocycles. The van der Waals surface area contributed by atoms with E-state index in [0.29, 0.717) is 0 Å². The molecular formula is C23H19N3O. The second-order valence-corrected chi connectivity index (χ2v) is 7.00. The normalized spacial score (nSPS) is 17.3. The van der Waals surface area contributed by atoms with E-state index in [0.717, 1.165) is 33.4 Å². The zero-order valence-corrected chi connectivity index (χ0v) is 15.0. The van der Waals surface area contributed by atoms with Crippen molar-refractivity contribution in [1.29, 1.82) is 0 Å². The lowest BCUT2D eigenvalue weighted by atomic mass is 9.78. The Labute approximate surface area is 157 Å². The molecule has 4 aromatic rings. The van der Waals surface area contributed by atoms with Crippen LogP contribution in [0.15, 0.2) is 79.1 Å². The number of nitrogens with one attached hydrogen (secondary N) is 1. The molecule has 2 aromatic heterocycles. The number of carbonyl (C=O) groups excluding carboxylic acids is 1. The van der Waals surface area contributed by atoms with Gasteiger partial charge in [0, 0.05) is 36.4 Å². The Morgan fingerprint density at radius 2 is 1.85 bits per heavy atom. The Morgan fingerprint density at radius 3 is 2.70 bits per heavy atom. The topological polar surface area (TPSA) is 49.0 Å². The average Bonchev–Trinajstić information content (AvgIpc) is 3.28. The van der Waals surface area contributed by atoms with Crippen LogP contribution in [0.25, 0.3) is 10.9 Å². The van der Waals surface area contributed by atoms with E-state index in [9.17, 15) is 4.79 Å². The number of hydrogen-bond acceptors (Lipinski definition) is 2. The van der Waals surface area contributed by atoms with Crippen LogP contribution in [0.3, 0.4) is 0 Å². The van der Waals surface area contributed by atoms with Gasteiger partial charge < -0.3 is 4.98 Å². The lowest BCUT2D eigenvalue weighted by Gasteiger charge is -2.24. The van der Waals surface area contributed by atoms with Crippen molar-refractivity contribution in [2.24, 2.45) is 0 Å². The van der Waals surface area contributed by atoms with Gasteiger partial charge in [-0.15, -0.1) is 0 Å². The summed E-state index contributed by atoms with van der Waals surface area (Å²) in [6.07, 6.45) is 3.69. The van der Waals surface area contributed by atoms with Crippen LogP contribution in [0.5, 0.6) is 0 Å². The number of nitrogens with zero attached hydrogens (tertiary/aromatic N) is 2. The number of benzene rings is 2. The number of aromatic amines is 1. The molecule has 0 saturated heterocycles. The zero-order valence-electron chi connectivity index (χ0n) is 15.0. The summed E-state index contributed by atoms with van der Waals surface area (Å²) in [6.45, 7) is 0. The number of rotatable bonds is 3. The number of aromatic nitrogens is 2. The molecular weight excluding hydrogens is 334 g/mol. The number of hydrogen-bond donors (Lipinski definition) is 1. The predicted molar refractivity (Wildman–Crippen MR) is 107 cm³/mol. The maximum absolute atomic E-state index is 13.2. The van der Waals surface area contributed by atoms with Crippen LogP contribution >= 0.6 is 0 Å². The lowest BCUT2D eigenvalue weighted by molar-refractivity contribution is -0.119. The molecule has 27 heavy (non-hydrogen) atoms. The Bertz CT molecular complexity index is 1130. The molecule has 0 fully saturated rings. The maximum atomic E-state index is 13.2. The van der Waals surface area contributed by atoms with Crippen LogP contribution in [0, 0.1) is 0 Å². The molecule has 0 bridgehead atoms. The van der Waals surface area contributed by atoms with Crippen LogP contribution in [0.1, 0.15) is 28.5 Å². The first-order valence-corrected chi connectivity index (χ1v) is 9.08. The van der Waals surface area contributed by atoms with Gasteiger partial charge in [0.05, 0.1) is 5.92 Å². The molecule has 0 aliphatic carbocycles. The van der Waals surface area contributed by atoms with Gasteiger partial charge in [0.25, 0.3) is 0 Å². The van der Waals surface area contributed by atoms with Crippen LogP contribution in [0.4, 0.5) is 5.82 Å². The fraction of sp³-hybridized carbons (Fsp3) is 0.130. The molecule has 2 atom stereocenters. The molecule has 1 aliphatic rings. The molecule has 3 heterocycles. The minimum atomic E-state index is -0.280. The summed E-state index contributed by atoms with van der Waals surface area (Å²) < 4.78 is 0. The van der Waals surface area contributed by atoms with Crippen molar-refractivity contribution in [3.05, 3.63) is 95.8 Å². The maximum Gasteiger partial charge on any atom is 0.236 e. The highest BCUT2D eigenvalue weighted by molar-refractivity contribution is 6.04. The molecule has 4 heteroatoms. The number of likely N-dealkylation sites (N-methyl/N-ethyl adjacent to an activating group) is 1. The first kappa shape index (κ1) is 15.8. The molecule has 4 nitrogen and oxygen atoms in total. The van der Waals surface area contributed by atoms with E-state index in [1.54, 1.807) is 11.1 Å². The molecule has 1 amide bonds. The van der Waals surface area contributed by atoms with E-state index in [1.165, 1.54) is 0 Å². The molecule has 132 valence electrons. The lowest BCUT2D eigenvalue weighted by Crippen LogP contribution is -2.28. The smallest absolute Gasteiger partial charge is 0.236 e. The van der Waals surface area contributed by atoms with Crippen LogP contribution < -0.4 is 4.90 Å². The first-order chi connectivity index (χ1) is 13.2. The summed E-state index contributed by atoms with van der Waals surface area (Å²) in [7, 11) is 1.81. The van der Waals surface area contributed by atoms with Gasteiger partial charge >= 0.3 is 0 Å². The molecule has 2 aromatic carbocycles. The van der Waals surface area contributed by atoms with E-state index in [-0.39, 0.29) is 17.7 Å². The van der Waals surface area contributed by atoms with E-state index in [2.05, 4.69) is 46.4 Å². The highest BCUT2D eigenvalue weighted by Gasteiger charge is 2.42. The van der Waals surface area contributed by atoms with Gasteiger partial charge in [0.15, 0.2) is 0 Å². The summed E-state index contributed by atoms with van der Waals surface area (Å²) in [5.41, 5.74) is 4.36. The van der Waals surface area contributed by atoms with Crippen molar-refractivity contribution >= 4 is 22.6 Å². The van der Waals surface area contributed by atoms with E-state index in [4.69, 9.17) is 0 Å². The van der Waals surface area contributed by atoms with E-state index in [1.807, 2.05) is 43.6 Å². The highest BCUT2D eigenvalue weighted by atomic mass is 16.2. The van der Waals surface area contributed by atoms with Crippen molar-refractivity contribution in [2.45, 2.75) is 11.8 Å². The average molecular weight is 353 g/mol. The largest absolute Gasteiger partial charge is 0.361 e. The Morgan fingerprint density at radius 1 is 1.00 bits per heavy atom. The van der Waals surface area contributed by atoms with Gasteiger partial charge in [-0.25, -0.2) is 4.98 Å². The van der Waals surface area contributed by atoms with Crippen LogP contribution in [-0.2, 0) is 4.79 Å². The number of carbonyl (C=O) groups is 1. The van der Waals surface area contributed by atoms with Gasteiger partial charge in [-0.2, -0.15) is 0 Å². The second-order valence-electron chi connectivity index (χ2n) is 7.00. The molecule has 2 unspecified atom stereocenters. The van der Waals surface area contributed by atoms with Crippen molar-refractivity contribution < 1.29 is 4.79 Å². The van der Waals surface area contributed by atoms with Crippen molar-refractivity contribution in [2.75, 3.05) is 11.9 Å².